The Morgan fingerprint density at radius 1 is 1.19 bits per heavy atom. The smallest absolute Gasteiger partial charge is 0.250 e. The van der Waals surface area contributed by atoms with Crippen LogP contribution in [0.1, 0.15) is 29.3 Å². The SMILES string of the molecule is CC(CCc1ccccc1)Nc1cc(N)ccc1C(N)=O. The first-order valence-corrected chi connectivity index (χ1v) is 7.06. The number of carbonyl (C=O) groups is 1. The Bertz CT molecular complexity index is 611. The van der Waals surface area contributed by atoms with E-state index in [2.05, 4.69) is 24.4 Å². The molecule has 4 heteroatoms. The van der Waals surface area contributed by atoms with Crippen LogP contribution >= 0.6 is 0 Å². The van der Waals surface area contributed by atoms with Gasteiger partial charge in [-0.3, -0.25) is 4.79 Å². The van der Waals surface area contributed by atoms with Crippen LogP contribution in [0.25, 0.3) is 0 Å². The van der Waals surface area contributed by atoms with Crippen molar-refractivity contribution in [1.82, 2.24) is 0 Å². The maximum Gasteiger partial charge on any atom is 0.250 e. The van der Waals surface area contributed by atoms with E-state index in [0.29, 0.717) is 16.9 Å². The van der Waals surface area contributed by atoms with Crippen LogP contribution in [0.5, 0.6) is 0 Å². The Kier molecular flexibility index (Phi) is 4.82. The molecule has 0 saturated carbocycles. The number of hydrogen-bond donors (Lipinski definition) is 3. The number of nitrogens with one attached hydrogen (secondary N) is 1. The molecule has 5 N–H and O–H groups in total. The molecular weight excluding hydrogens is 262 g/mol. The third-order valence-electron chi connectivity index (χ3n) is 3.42. The Balaban J connectivity index is 2.01. The van der Waals surface area contributed by atoms with E-state index in [9.17, 15) is 4.79 Å². The van der Waals surface area contributed by atoms with Crippen molar-refractivity contribution >= 4 is 17.3 Å². The lowest BCUT2D eigenvalue weighted by molar-refractivity contribution is 0.100. The summed E-state index contributed by atoms with van der Waals surface area (Å²) in [5, 5.41) is 3.32. The largest absolute Gasteiger partial charge is 0.399 e. The van der Waals surface area contributed by atoms with Crippen molar-refractivity contribution in [2.45, 2.75) is 25.8 Å². The van der Waals surface area contributed by atoms with E-state index < -0.39 is 5.91 Å². The predicted molar refractivity (Wildman–Crippen MR) is 87.2 cm³/mol. The molecule has 0 heterocycles. The quantitative estimate of drug-likeness (QED) is 0.713. The second kappa shape index (κ2) is 6.79. The van der Waals surface area contributed by atoms with E-state index in [1.165, 1.54) is 5.56 Å². The van der Waals surface area contributed by atoms with Crippen molar-refractivity contribution in [3.63, 3.8) is 0 Å². The summed E-state index contributed by atoms with van der Waals surface area (Å²) in [6, 6.07) is 15.6. The lowest BCUT2D eigenvalue weighted by Crippen LogP contribution is -2.20. The fourth-order valence-corrected chi connectivity index (χ4v) is 2.26. The predicted octanol–water partition coefficient (Wildman–Crippen LogP) is 2.80. The molecule has 0 aromatic heterocycles. The van der Waals surface area contributed by atoms with E-state index in [0.717, 1.165) is 12.8 Å². The minimum absolute atomic E-state index is 0.213. The summed E-state index contributed by atoms with van der Waals surface area (Å²) in [4.78, 5) is 11.4. The first-order chi connectivity index (χ1) is 10.1. The molecule has 1 atom stereocenters. The fraction of sp³-hybridized carbons (Fsp3) is 0.235. The molecule has 2 rings (SSSR count). The number of rotatable bonds is 6. The summed E-state index contributed by atoms with van der Waals surface area (Å²) in [7, 11) is 0. The van der Waals surface area contributed by atoms with E-state index >= 15 is 0 Å². The highest BCUT2D eigenvalue weighted by molar-refractivity contribution is 5.99. The summed E-state index contributed by atoms with van der Waals surface area (Å²) < 4.78 is 0. The van der Waals surface area contributed by atoms with Crippen LogP contribution in [-0.2, 0) is 6.42 Å². The first-order valence-electron chi connectivity index (χ1n) is 7.06. The van der Waals surface area contributed by atoms with Crippen molar-refractivity contribution < 1.29 is 4.79 Å². The number of nitrogen functional groups attached to an aromatic ring is 1. The van der Waals surface area contributed by atoms with Crippen LogP contribution in [-0.4, -0.2) is 11.9 Å². The average Bonchev–Trinajstić information content (AvgIpc) is 2.46. The Labute approximate surface area is 125 Å². The molecule has 110 valence electrons. The molecule has 0 aliphatic rings. The van der Waals surface area contributed by atoms with Gasteiger partial charge in [0.25, 0.3) is 5.91 Å². The molecule has 0 radical (unpaired) electrons. The normalized spacial score (nSPS) is 11.9. The number of nitrogens with two attached hydrogens (primary N) is 2. The van der Waals surface area contributed by atoms with Crippen LogP contribution in [0.4, 0.5) is 11.4 Å². The van der Waals surface area contributed by atoms with Crippen LogP contribution in [0.3, 0.4) is 0 Å². The maximum atomic E-state index is 11.4. The van der Waals surface area contributed by atoms with Gasteiger partial charge >= 0.3 is 0 Å². The molecule has 1 amide bonds. The number of benzene rings is 2. The van der Waals surface area contributed by atoms with Gasteiger partial charge in [-0.05, 0) is 43.5 Å². The van der Waals surface area contributed by atoms with Gasteiger partial charge in [-0.15, -0.1) is 0 Å². The summed E-state index contributed by atoms with van der Waals surface area (Å²) >= 11 is 0. The lowest BCUT2D eigenvalue weighted by Gasteiger charge is -2.17. The third kappa shape index (κ3) is 4.24. The molecule has 2 aromatic rings. The van der Waals surface area contributed by atoms with Gasteiger partial charge in [0.05, 0.1) is 5.56 Å². The number of hydrogen-bond acceptors (Lipinski definition) is 3. The van der Waals surface area contributed by atoms with Crippen LogP contribution in [0.15, 0.2) is 48.5 Å². The second-order valence-corrected chi connectivity index (χ2v) is 5.24. The Morgan fingerprint density at radius 2 is 1.90 bits per heavy atom. The molecule has 0 saturated heterocycles. The first kappa shape index (κ1) is 14.9. The van der Waals surface area contributed by atoms with E-state index in [-0.39, 0.29) is 6.04 Å². The van der Waals surface area contributed by atoms with Crippen molar-refractivity contribution in [3.8, 4) is 0 Å². The Hall–Kier alpha value is -2.49. The van der Waals surface area contributed by atoms with Crippen molar-refractivity contribution in [1.29, 1.82) is 0 Å². The zero-order valence-electron chi connectivity index (χ0n) is 12.2. The van der Waals surface area contributed by atoms with Crippen molar-refractivity contribution in [2.24, 2.45) is 5.73 Å². The van der Waals surface area contributed by atoms with E-state index in [1.807, 2.05) is 18.2 Å². The number of aryl methyl sites for hydroxylation is 1. The highest BCUT2D eigenvalue weighted by Gasteiger charge is 2.11. The fourth-order valence-electron chi connectivity index (χ4n) is 2.26. The molecule has 1 unspecified atom stereocenters. The minimum Gasteiger partial charge on any atom is -0.399 e. The van der Waals surface area contributed by atoms with E-state index in [1.54, 1.807) is 18.2 Å². The summed E-state index contributed by atoms with van der Waals surface area (Å²) in [5.74, 6) is -0.451. The molecule has 0 bridgehead atoms. The van der Waals surface area contributed by atoms with Gasteiger partial charge in [-0.2, -0.15) is 0 Å². The van der Waals surface area contributed by atoms with Crippen LogP contribution in [0.2, 0.25) is 0 Å². The standard InChI is InChI=1S/C17H21N3O/c1-12(7-8-13-5-3-2-4-6-13)20-16-11-14(18)9-10-15(16)17(19)21/h2-6,9-12,20H,7-8,18H2,1H3,(H2,19,21). The van der Waals surface area contributed by atoms with Gasteiger partial charge in [-0.25, -0.2) is 0 Å². The molecule has 21 heavy (non-hydrogen) atoms. The summed E-state index contributed by atoms with van der Waals surface area (Å²) in [5.41, 5.74) is 14.2. The Morgan fingerprint density at radius 3 is 2.57 bits per heavy atom. The molecule has 4 nitrogen and oxygen atoms in total. The monoisotopic (exact) mass is 283 g/mol. The minimum atomic E-state index is -0.451. The van der Waals surface area contributed by atoms with Crippen molar-refractivity contribution in [2.75, 3.05) is 11.1 Å². The van der Waals surface area contributed by atoms with Crippen LogP contribution < -0.4 is 16.8 Å². The van der Waals surface area contributed by atoms with Crippen LogP contribution in [0, 0.1) is 0 Å². The van der Waals surface area contributed by atoms with Gasteiger partial charge < -0.3 is 16.8 Å². The zero-order valence-corrected chi connectivity index (χ0v) is 12.2. The highest BCUT2D eigenvalue weighted by Crippen LogP contribution is 2.20. The number of carbonyl (C=O) groups excluding carboxylic acids is 1. The van der Waals surface area contributed by atoms with Gasteiger partial charge in [0.15, 0.2) is 0 Å². The van der Waals surface area contributed by atoms with Gasteiger partial charge in [-0.1, -0.05) is 30.3 Å². The molecule has 2 aromatic carbocycles. The maximum absolute atomic E-state index is 11.4. The number of anilines is 2. The lowest BCUT2D eigenvalue weighted by atomic mass is 10.0. The molecule has 0 aliphatic carbocycles. The van der Waals surface area contributed by atoms with Gasteiger partial charge in [0, 0.05) is 17.4 Å². The van der Waals surface area contributed by atoms with E-state index in [4.69, 9.17) is 11.5 Å². The molecule has 0 aliphatic heterocycles. The average molecular weight is 283 g/mol. The zero-order chi connectivity index (χ0) is 15.2. The molecule has 0 fully saturated rings. The second-order valence-electron chi connectivity index (χ2n) is 5.24. The number of amides is 1. The summed E-state index contributed by atoms with van der Waals surface area (Å²) in [6.07, 6.45) is 1.93. The highest BCUT2D eigenvalue weighted by atomic mass is 16.1. The van der Waals surface area contributed by atoms with Gasteiger partial charge in [0.1, 0.15) is 0 Å². The number of primary amides is 1. The van der Waals surface area contributed by atoms with Gasteiger partial charge in [0.2, 0.25) is 0 Å². The molecular formula is C17H21N3O. The summed E-state index contributed by atoms with van der Waals surface area (Å²) in [6.45, 7) is 2.08. The molecule has 0 spiro atoms. The van der Waals surface area contributed by atoms with Crippen molar-refractivity contribution in [3.05, 3.63) is 59.7 Å². The topological polar surface area (TPSA) is 81.1 Å². The third-order valence-corrected chi connectivity index (χ3v) is 3.42.